The average Bonchev–Trinajstić information content (AvgIpc) is 2.40. The Hall–Kier alpha value is -1.08. The Balaban J connectivity index is 1.82. The molecule has 1 unspecified atom stereocenters. The highest BCUT2D eigenvalue weighted by Crippen LogP contribution is 2.34. The molecule has 0 saturated heterocycles. The first-order valence-electron chi connectivity index (χ1n) is 6.49. The summed E-state index contributed by atoms with van der Waals surface area (Å²) in [4.78, 5) is 11.9. The van der Waals surface area contributed by atoms with Gasteiger partial charge in [-0.05, 0) is 51.3 Å². The van der Waals surface area contributed by atoms with Gasteiger partial charge in [0, 0.05) is 5.69 Å². The van der Waals surface area contributed by atoms with E-state index in [2.05, 4.69) is 5.32 Å². The molecule has 0 heterocycles. The van der Waals surface area contributed by atoms with E-state index in [1.807, 2.05) is 24.3 Å². The van der Waals surface area contributed by atoms with Gasteiger partial charge in [-0.3, -0.25) is 4.79 Å². The van der Waals surface area contributed by atoms with Crippen LogP contribution in [0, 0.1) is 0 Å². The number of anilines is 1. The van der Waals surface area contributed by atoms with Gasteiger partial charge in [-0.1, -0.05) is 19.3 Å². The van der Waals surface area contributed by atoms with E-state index in [0.29, 0.717) is 14.2 Å². The Morgan fingerprint density at radius 1 is 1.22 bits per heavy atom. The fraction of sp³-hybridized carbons (Fsp3) is 0.500. The first-order valence-corrected chi connectivity index (χ1v) is 7.57. The van der Waals surface area contributed by atoms with Crippen molar-refractivity contribution >= 4 is 19.9 Å². The van der Waals surface area contributed by atoms with E-state index in [1.54, 1.807) is 7.11 Å². The Kier molecular flexibility index (Phi) is 5.00. The fourth-order valence-electron chi connectivity index (χ4n) is 2.27. The van der Waals surface area contributed by atoms with Crippen molar-refractivity contribution in [2.45, 2.75) is 37.8 Å². The summed E-state index contributed by atoms with van der Waals surface area (Å²) in [5.74, 6) is 0.808. The second-order valence-corrected chi connectivity index (χ2v) is 6.22. The van der Waals surface area contributed by atoms with Gasteiger partial charge in [-0.2, -0.15) is 0 Å². The van der Waals surface area contributed by atoms with Crippen LogP contribution >= 0.6 is 8.58 Å². The van der Waals surface area contributed by atoms with Crippen molar-refractivity contribution in [2.75, 3.05) is 12.4 Å². The van der Waals surface area contributed by atoms with Gasteiger partial charge >= 0.3 is 0 Å². The zero-order valence-electron chi connectivity index (χ0n) is 10.7. The summed E-state index contributed by atoms with van der Waals surface area (Å²) >= 11 is 0. The predicted octanol–water partition coefficient (Wildman–Crippen LogP) is 4.24. The minimum atomic E-state index is 0.159. The molecule has 0 aliphatic heterocycles. The number of carbonyl (C=O) groups is 1. The van der Waals surface area contributed by atoms with Crippen LogP contribution in [-0.2, 0) is 0 Å². The van der Waals surface area contributed by atoms with Crippen LogP contribution in [0.1, 0.15) is 32.1 Å². The molecular weight excluding hydrogens is 245 g/mol. The first-order chi connectivity index (χ1) is 8.78. The van der Waals surface area contributed by atoms with Crippen molar-refractivity contribution < 1.29 is 9.53 Å². The standard InChI is InChI=1S/C14H20NO2P/c1-17-12-9-7-11(8-10-12)15-14(16)18-13-5-3-2-4-6-13/h7-10,13,18H,2-6H2,1H3,(H,15,16). The number of hydrogen-bond donors (Lipinski definition) is 1. The van der Waals surface area contributed by atoms with Crippen molar-refractivity contribution in [1.29, 1.82) is 0 Å². The number of nitrogens with one attached hydrogen (secondary N) is 1. The summed E-state index contributed by atoms with van der Waals surface area (Å²) in [6.45, 7) is 0. The molecule has 3 nitrogen and oxygen atoms in total. The van der Waals surface area contributed by atoms with Crippen LogP contribution in [0.3, 0.4) is 0 Å². The highest BCUT2D eigenvalue weighted by Gasteiger charge is 2.16. The molecule has 0 aromatic heterocycles. The van der Waals surface area contributed by atoms with Gasteiger partial charge in [0.25, 0.3) is 0 Å². The summed E-state index contributed by atoms with van der Waals surface area (Å²) in [5.41, 5.74) is 1.62. The zero-order chi connectivity index (χ0) is 12.8. The van der Waals surface area contributed by atoms with Crippen molar-refractivity contribution in [2.24, 2.45) is 0 Å². The van der Waals surface area contributed by atoms with Gasteiger partial charge in [-0.15, -0.1) is 0 Å². The molecule has 18 heavy (non-hydrogen) atoms. The Labute approximate surface area is 110 Å². The van der Waals surface area contributed by atoms with Gasteiger partial charge in [-0.25, -0.2) is 0 Å². The molecule has 1 aliphatic carbocycles. The highest BCUT2D eigenvalue weighted by molar-refractivity contribution is 7.59. The van der Waals surface area contributed by atoms with Crippen LogP contribution in [0.4, 0.5) is 10.5 Å². The van der Waals surface area contributed by atoms with E-state index in [-0.39, 0.29) is 5.65 Å². The molecule has 0 bridgehead atoms. The zero-order valence-corrected chi connectivity index (χ0v) is 11.7. The number of amides is 1. The van der Waals surface area contributed by atoms with Crippen LogP contribution in [0.5, 0.6) is 5.75 Å². The molecule has 1 aromatic carbocycles. The summed E-state index contributed by atoms with van der Waals surface area (Å²) in [5, 5.41) is 2.96. The maximum absolute atomic E-state index is 11.9. The molecule has 1 atom stereocenters. The van der Waals surface area contributed by atoms with Crippen molar-refractivity contribution in [1.82, 2.24) is 0 Å². The van der Waals surface area contributed by atoms with Crippen molar-refractivity contribution in [3.63, 3.8) is 0 Å². The van der Waals surface area contributed by atoms with Gasteiger partial charge in [0.2, 0.25) is 5.65 Å². The average molecular weight is 265 g/mol. The normalized spacial score (nSPS) is 16.9. The molecular formula is C14H20NO2P. The largest absolute Gasteiger partial charge is 0.497 e. The number of benzene rings is 1. The smallest absolute Gasteiger partial charge is 0.242 e. The van der Waals surface area contributed by atoms with E-state index < -0.39 is 0 Å². The quantitative estimate of drug-likeness (QED) is 0.827. The third-order valence-electron chi connectivity index (χ3n) is 3.29. The van der Waals surface area contributed by atoms with Gasteiger partial charge < -0.3 is 10.1 Å². The molecule has 0 spiro atoms. The second kappa shape index (κ2) is 6.75. The van der Waals surface area contributed by atoms with Gasteiger partial charge in [0.05, 0.1) is 7.11 Å². The number of carbonyl (C=O) groups excluding carboxylic acids is 1. The number of hydrogen-bond acceptors (Lipinski definition) is 2. The highest BCUT2D eigenvalue weighted by atomic mass is 31.1. The van der Waals surface area contributed by atoms with Gasteiger partial charge in [0.15, 0.2) is 0 Å². The minimum absolute atomic E-state index is 0.159. The molecule has 1 aromatic rings. The monoisotopic (exact) mass is 265 g/mol. The number of ether oxygens (including phenoxy) is 1. The van der Waals surface area contributed by atoms with E-state index in [0.717, 1.165) is 11.4 Å². The molecule has 1 aliphatic rings. The third kappa shape index (κ3) is 3.99. The SMILES string of the molecule is COc1ccc(NC(=O)PC2CCCCC2)cc1. The van der Waals surface area contributed by atoms with E-state index in [1.165, 1.54) is 32.1 Å². The van der Waals surface area contributed by atoms with Crippen LogP contribution in [-0.4, -0.2) is 18.4 Å². The number of rotatable bonds is 4. The van der Waals surface area contributed by atoms with Crippen LogP contribution in [0.25, 0.3) is 0 Å². The molecule has 98 valence electrons. The molecule has 0 radical (unpaired) electrons. The second-order valence-electron chi connectivity index (χ2n) is 4.66. The van der Waals surface area contributed by atoms with Crippen molar-refractivity contribution in [3.8, 4) is 5.75 Å². The van der Waals surface area contributed by atoms with Crippen molar-refractivity contribution in [3.05, 3.63) is 24.3 Å². The molecule has 1 N–H and O–H groups in total. The molecule has 2 rings (SSSR count). The summed E-state index contributed by atoms with van der Waals surface area (Å²) < 4.78 is 5.08. The maximum Gasteiger partial charge on any atom is 0.242 e. The predicted molar refractivity (Wildman–Crippen MR) is 77.2 cm³/mol. The minimum Gasteiger partial charge on any atom is -0.497 e. The first kappa shape index (κ1) is 13.4. The van der Waals surface area contributed by atoms with E-state index in [4.69, 9.17) is 4.74 Å². The fourth-order valence-corrected chi connectivity index (χ4v) is 3.56. The summed E-state index contributed by atoms with van der Waals surface area (Å²) in [7, 11) is 2.03. The molecule has 1 fully saturated rings. The van der Waals surface area contributed by atoms with Gasteiger partial charge in [0.1, 0.15) is 5.75 Å². The lowest BCUT2D eigenvalue weighted by atomic mass is 10.0. The molecule has 4 heteroatoms. The topological polar surface area (TPSA) is 38.3 Å². The molecule has 1 amide bonds. The van der Waals surface area contributed by atoms with Crippen LogP contribution in [0.2, 0.25) is 0 Å². The number of methoxy groups -OCH3 is 1. The lowest BCUT2D eigenvalue weighted by Crippen LogP contribution is -2.12. The molecule has 1 saturated carbocycles. The summed E-state index contributed by atoms with van der Waals surface area (Å²) in [6.07, 6.45) is 6.34. The third-order valence-corrected chi connectivity index (χ3v) is 4.66. The summed E-state index contributed by atoms with van der Waals surface area (Å²) in [6, 6.07) is 7.48. The lowest BCUT2D eigenvalue weighted by molar-refractivity contribution is 0.269. The van der Waals surface area contributed by atoms with E-state index in [9.17, 15) is 4.79 Å². The Morgan fingerprint density at radius 3 is 2.50 bits per heavy atom. The van der Waals surface area contributed by atoms with E-state index >= 15 is 0 Å². The maximum atomic E-state index is 11.9. The van der Waals surface area contributed by atoms with Crippen LogP contribution in [0.15, 0.2) is 24.3 Å². The van der Waals surface area contributed by atoms with Crippen LogP contribution < -0.4 is 10.1 Å². The lowest BCUT2D eigenvalue weighted by Gasteiger charge is -2.20. The Bertz CT molecular complexity index is 385. The Morgan fingerprint density at radius 2 is 1.89 bits per heavy atom.